The predicted octanol–water partition coefficient (Wildman–Crippen LogP) is -8.43. The molecule has 0 amide bonds. The van der Waals surface area contributed by atoms with Crippen LogP contribution < -0.4 is 0 Å². The van der Waals surface area contributed by atoms with Gasteiger partial charge in [-0.15, -0.1) is 0 Å². The van der Waals surface area contributed by atoms with Gasteiger partial charge in [0.2, 0.25) is 6.29 Å². The molecule has 23 N–H and O–H groups in total. The molecule has 8 saturated heterocycles. The average molecular weight is 1680 g/mol. The summed E-state index contributed by atoms with van der Waals surface area (Å²) in [7, 11) is 0. The number of aliphatic hydroxyl groups excluding tert-OH is 23. The van der Waals surface area contributed by atoms with Gasteiger partial charge in [-0.1, -0.05) is 53.2 Å². The summed E-state index contributed by atoms with van der Waals surface area (Å²) in [5, 5.41) is 254. The van der Waals surface area contributed by atoms with Crippen molar-refractivity contribution >= 4 is 5.97 Å². The first-order valence-corrected chi connectivity index (χ1v) is 40.6. The molecule has 40 heteroatoms. The quantitative estimate of drug-likeness (QED) is 0.0288. The smallest absolute Gasteiger partial charge is 0.315 e. The minimum absolute atomic E-state index is 0.00362. The Morgan fingerprint density at radius 2 is 0.905 bits per heavy atom. The minimum atomic E-state index is -2.25. The normalized spacial score (nSPS) is 55.1. The molecule has 0 aromatic heterocycles. The highest BCUT2D eigenvalue weighted by molar-refractivity contribution is 5.79. The van der Waals surface area contributed by atoms with E-state index in [0.29, 0.717) is 64.2 Å². The fourth-order valence-electron chi connectivity index (χ4n) is 21.7. The van der Waals surface area contributed by atoms with Gasteiger partial charge in [-0.05, 0) is 117 Å². The molecule has 668 valence electrons. The highest BCUT2D eigenvalue weighted by Gasteiger charge is 2.71. The number of carbonyl (C=O) groups excluding carboxylic acids is 1. The molecular weight excluding hydrogens is 1550 g/mol. The Morgan fingerprint density at radius 3 is 1.56 bits per heavy atom. The fraction of sp³-hybridized carbons (Fsp3) is 0.961. The number of aliphatic hydroxyl groups is 23. The summed E-state index contributed by atoms with van der Waals surface area (Å²) in [5.41, 5.74) is -2.62. The van der Waals surface area contributed by atoms with Gasteiger partial charge in [0.25, 0.3) is 0 Å². The van der Waals surface area contributed by atoms with Gasteiger partial charge in [-0.2, -0.15) is 0 Å². The summed E-state index contributed by atoms with van der Waals surface area (Å²) in [6.07, 6.45) is -61.5. The second-order valence-electron chi connectivity index (χ2n) is 36.5. The molecule has 13 rings (SSSR count). The van der Waals surface area contributed by atoms with Crippen molar-refractivity contribution in [1.82, 2.24) is 0 Å². The topological polar surface area (TPSA) is 630 Å². The summed E-state index contributed by atoms with van der Waals surface area (Å²) in [4.78, 5) is 15.3. The lowest BCUT2D eigenvalue weighted by Gasteiger charge is -2.71. The zero-order chi connectivity index (χ0) is 84.4. The van der Waals surface area contributed by atoms with Crippen molar-refractivity contribution in [2.75, 3.05) is 46.2 Å². The first-order valence-electron chi connectivity index (χ1n) is 40.6. The van der Waals surface area contributed by atoms with E-state index >= 15 is 4.79 Å². The zero-order valence-corrected chi connectivity index (χ0v) is 66.1. The molecule has 0 spiro atoms. The second kappa shape index (κ2) is 35.3. The number of ether oxygens (including phenoxy) is 16. The molecule has 13 aliphatic rings. The Morgan fingerprint density at radius 1 is 0.414 bits per heavy atom. The molecule has 0 aromatic carbocycles. The van der Waals surface area contributed by atoms with E-state index in [0.717, 1.165) is 5.57 Å². The van der Waals surface area contributed by atoms with Crippen LogP contribution in [0.5, 0.6) is 0 Å². The van der Waals surface area contributed by atoms with Crippen LogP contribution in [-0.2, 0) is 80.6 Å². The van der Waals surface area contributed by atoms with Crippen LogP contribution >= 0.6 is 0 Å². The monoisotopic (exact) mass is 1680 g/mol. The molecule has 2 unspecified atom stereocenters. The highest BCUT2D eigenvalue weighted by atomic mass is 16.8. The van der Waals surface area contributed by atoms with Crippen molar-refractivity contribution in [3.05, 3.63) is 11.6 Å². The molecule has 4 saturated carbocycles. The molecule has 8 aliphatic heterocycles. The molecule has 8 heterocycles. The van der Waals surface area contributed by atoms with Gasteiger partial charge < -0.3 is 193 Å². The Labute approximate surface area is 669 Å². The molecule has 47 atom stereocenters. The number of hydrogen-bond donors (Lipinski definition) is 23. The second-order valence-corrected chi connectivity index (χ2v) is 36.5. The Hall–Kier alpha value is -2.31. The van der Waals surface area contributed by atoms with E-state index < -0.39 is 312 Å². The van der Waals surface area contributed by atoms with Gasteiger partial charge in [0.15, 0.2) is 44.0 Å². The van der Waals surface area contributed by atoms with Crippen molar-refractivity contribution in [3.8, 4) is 0 Å². The SMILES string of the molecule is C[C@@H]1O[C@@H](O[C@@H]2[C@@H](O)[C@H](O[C@@H]3[C@@H](O)[C@H](C)O[C@@H](O[C@H]4[C@H](O[C@H]5CC[C@@]6(C)C(CC[C@]7(C)C6CC=C6[C@@H]8CC(C)(C)CC[C@]8(C(=O)O[C@@H]8O[C@H](CO[C@@H]9O[C@H](CO)[C@@H](O)[C@H](O)[C@H]9O)[C@@H](O)[C@H](O)[C@H]8O)CC[C@]67C)[C@]5(C)CO)OC[C@H](O)[C@@H]4O)[C@@H]3O)O[C@H](CO)[C@@H]2O[C@@H]2O[C@H](CO)[C@@H](O[C@@H]3OC[C@@H](O)[C@H](O)[C@H]3O)[C@H](O)[C@H]2O)[C@H](O)[C@H](O)[C@H]1O. The zero-order valence-electron chi connectivity index (χ0n) is 66.1. The van der Waals surface area contributed by atoms with Gasteiger partial charge in [0.05, 0.1) is 70.0 Å². The molecule has 116 heavy (non-hydrogen) atoms. The molecule has 5 aliphatic carbocycles. The van der Waals surface area contributed by atoms with E-state index in [1.165, 1.54) is 13.8 Å². The molecule has 12 fully saturated rings. The van der Waals surface area contributed by atoms with E-state index in [-0.39, 0.29) is 29.8 Å². The van der Waals surface area contributed by atoms with Gasteiger partial charge in [0, 0.05) is 5.41 Å². The van der Waals surface area contributed by atoms with Crippen LogP contribution in [-0.4, -0.2) is 409 Å². The summed E-state index contributed by atoms with van der Waals surface area (Å²) >= 11 is 0. The third-order valence-electron chi connectivity index (χ3n) is 29.1. The lowest BCUT2D eigenvalue weighted by molar-refractivity contribution is -0.406. The van der Waals surface area contributed by atoms with E-state index in [1.807, 2.05) is 6.92 Å². The maximum Gasteiger partial charge on any atom is 0.315 e. The number of fused-ring (bicyclic) bond motifs is 7. The molecule has 0 radical (unpaired) electrons. The van der Waals surface area contributed by atoms with E-state index in [1.54, 1.807) is 0 Å². The van der Waals surface area contributed by atoms with Crippen molar-refractivity contribution in [2.45, 2.75) is 359 Å². The number of carbonyl (C=O) groups is 1. The van der Waals surface area contributed by atoms with Gasteiger partial charge >= 0.3 is 5.97 Å². The fourth-order valence-corrected chi connectivity index (χ4v) is 21.7. The van der Waals surface area contributed by atoms with Crippen LogP contribution in [0.25, 0.3) is 0 Å². The first-order chi connectivity index (χ1) is 54.6. The van der Waals surface area contributed by atoms with Crippen LogP contribution in [0.3, 0.4) is 0 Å². The van der Waals surface area contributed by atoms with E-state index in [9.17, 15) is 117 Å². The van der Waals surface area contributed by atoms with Crippen molar-refractivity contribution in [3.63, 3.8) is 0 Å². The third kappa shape index (κ3) is 16.2. The summed E-state index contributed by atoms with van der Waals surface area (Å²) in [5.74, 6) is -1.22. The van der Waals surface area contributed by atoms with Crippen molar-refractivity contribution in [2.24, 2.45) is 50.2 Å². The third-order valence-corrected chi connectivity index (χ3v) is 29.1. The van der Waals surface area contributed by atoms with Gasteiger partial charge in [0.1, 0.15) is 171 Å². The number of esters is 1. The first kappa shape index (κ1) is 91.4. The molecule has 40 nitrogen and oxygen atoms in total. The van der Waals surface area contributed by atoms with Crippen LogP contribution in [0.1, 0.15) is 120 Å². The largest absolute Gasteiger partial charge is 0.432 e. The van der Waals surface area contributed by atoms with E-state index in [2.05, 4.69) is 40.7 Å². The maximum absolute atomic E-state index is 15.3. The van der Waals surface area contributed by atoms with Crippen molar-refractivity contribution in [1.29, 1.82) is 0 Å². The van der Waals surface area contributed by atoms with Crippen LogP contribution in [0.4, 0.5) is 0 Å². The molecule has 0 bridgehead atoms. The Kier molecular flexibility index (Phi) is 27.8. The van der Waals surface area contributed by atoms with Gasteiger partial charge in [-0.3, -0.25) is 4.79 Å². The standard InChI is InChI=1S/C76H124O40/c1-27-40(83)46(89)52(95)64(104-27)114-60-56(99)68(108-35(22-79)58(60)112-65-54(97)49(92)57(34(21-78)107-65)111-63-50(93)42(85)31(81)23-101-63)113-59-41(84)28(2)105-67(55(59)98)115-61-43(86)32(82)24-102-69(61)110-39-12-13-72(5)37(73(39,6)26-80)11-14-75(8)38(72)10-9-29-30-19-71(3,4)15-17-76(30,18-16-74(29,75)7)70(100)116-66-53(96)48(91)45(88)36(109-66)25-103-62-51(94)47(90)44(87)33(20-77)106-62/h9,27-28,30-69,77-99H,10-26H2,1-8H3/t27-,28-,30-,31+,32-,33+,34+,35+,36+,37?,38?,39-,40-,41-,42-,43-,44+,45+,46+,47-,48-,49+,50+,51+,52+,53+,54+,55+,56+,57+,58-,59+,60+,61+,62+,63-,64-,65-,66-,67-,68-,69-,72-,73-,74+,75+,76-/m0/s1. The minimum Gasteiger partial charge on any atom is -0.432 e. The number of allylic oxidation sites excluding steroid dienone is 2. The molecule has 0 aromatic rings. The lowest BCUT2D eigenvalue weighted by atomic mass is 9.33. The van der Waals surface area contributed by atoms with Crippen molar-refractivity contribution < 1.29 is 198 Å². The van der Waals surface area contributed by atoms with E-state index in [4.69, 9.17) is 75.8 Å². The summed E-state index contributed by atoms with van der Waals surface area (Å²) in [6.45, 7) is 11.0. The van der Waals surface area contributed by atoms with Crippen LogP contribution in [0, 0.1) is 50.2 Å². The van der Waals surface area contributed by atoms with Gasteiger partial charge in [-0.25, -0.2) is 0 Å². The average Bonchev–Trinajstić information content (AvgIpc) is 0.673. The Bertz CT molecular complexity index is 3310. The number of rotatable bonds is 21. The summed E-state index contributed by atoms with van der Waals surface area (Å²) in [6, 6.07) is 0. The molecular formula is C76H124O40. The number of hydrogen-bond acceptors (Lipinski definition) is 40. The predicted molar refractivity (Wildman–Crippen MR) is 380 cm³/mol. The Balaban J connectivity index is 0.696. The lowest BCUT2D eigenvalue weighted by Crippen LogP contribution is -2.69. The highest BCUT2D eigenvalue weighted by Crippen LogP contribution is 2.76. The maximum atomic E-state index is 15.3. The van der Waals surface area contributed by atoms with Crippen LogP contribution in [0.2, 0.25) is 0 Å². The summed E-state index contributed by atoms with van der Waals surface area (Å²) < 4.78 is 95.9. The van der Waals surface area contributed by atoms with Crippen LogP contribution in [0.15, 0.2) is 11.6 Å².